The van der Waals surface area contributed by atoms with E-state index in [2.05, 4.69) is 22.1 Å². The highest BCUT2D eigenvalue weighted by Gasteiger charge is 2.23. The second kappa shape index (κ2) is 5.05. The number of fused-ring (bicyclic) bond motifs is 1. The Balaban J connectivity index is 2.09. The highest BCUT2D eigenvalue weighted by molar-refractivity contribution is 5.93. The number of hydrogen-bond acceptors (Lipinski definition) is 4. The van der Waals surface area contributed by atoms with Gasteiger partial charge in [0.05, 0.1) is 0 Å². The molecule has 0 amide bonds. The summed E-state index contributed by atoms with van der Waals surface area (Å²) in [5.41, 5.74) is 0. The van der Waals surface area contributed by atoms with Gasteiger partial charge in [0.2, 0.25) is 0 Å². The lowest BCUT2D eigenvalue weighted by Crippen LogP contribution is -2.37. The van der Waals surface area contributed by atoms with Crippen molar-refractivity contribution in [3.05, 3.63) is 30.5 Å². The molecular formula is C15H19N3O. The first-order valence-corrected chi connectivity index (χ1v) is 6.84. The van der Waals surface area contributed by atoms with Gasteiger partial charge in [-0.15, -0.1) is 0 Å². The lowest BCUT2D eigenvalue weighted by atomic mass is 10.1. The molecule has 2 heterocycles. The predicted octanol–water partition coefficient (Wildman–Crippen LogP) is 2.13. The Labute approximate surface area is 113 Å². The van der Waals surface area contributed by atoms with Gasteiger partial charge >= 0.3 is 0 Å². The summed E-state index contributed by atoms with van der Waals surface area (Å²) in [6.45, 7) is 5.15. The number of benzene rings is 1. The monoisotopic (exact) mass is 257 g/mol. The van der Waals surface area contributed by atoms with Gasteiger partial charge in [-0.05, 0) is 43.5 Å². The van der Waals surface area contributed by atoms with Crippen molar-refractivity contribution < 1.29 is 5.11 Å². The van der Waals surface area contributed by atoms with Gasteiger partial charge in [0.25, 0.3) is 0 Å². The Bertz CT molecular complexity index is 579. The zero-order valence-electron chi connectivity index (χ0n) is 11.1. The molecule has 0 aliphatic carbocycles. The van der Waals surface area contributed by atoms with Gasteiger partial charge in [0.1, 0.15) is 11.6 Å². The standard InChI is InChI=1S/C15H19N3O/c1-2-18(12-6-7-16-10-12)15-14-9-13(19)4-3-11(14)5-8-17-15/h3-5,8-9,12,16,19H,2,6-7,10H2,1H3. The van der Waals surface area contributed by atoms with Crippen LogP contribution in [0.3, 0.4) is 0 Å². The van der Waals surface area contributed by atoms with Gasteiger partial charge in [-0.3, -0.25) is 0 Å². The van der Waals surface area contributed by atoms with Crippen LogP contribution in [-0.4, -0.2) is 35.8 Å². The number of anilines is 1. The number of nitrogens with zero attached hydrogens (tertiary/aromatic N) is 2. The number of hydrogen-bond donors (Lipinski definition) is 2. The van der Waals surface area contributed by atoms with E-state index in [4.69, 9.17) is 0 Å². The summed E-state index contributed by atoms with van der Waals surface area (Å²) in [4.78, 5) is 6.89. The van der Waals surface area contributed by atoms with Crippen LogP contribution in [-0.2, 0) is 0 Å². The molecule has 1 aliphatic rings. The van der Waals surface area contributed by atoms with Crippen LogP contribution in [0.2, 0.25) is 0 Å². The fourth-order valence-corrected chi connectivity index (χ4v) is 2.86. The molecule has 1 aromatic carbocycles. The minimum Gasteiger partial charge on any atom is -0.508 e. The number of aromatic nitrogens is 1. The molecule has 0 saturated carbocycles. The third-order valence-electron chi connectivity index (χ3n) is 3.82. The van der Waals surface area contributed by atoms with E-state index in [9.17, 15) is 5.11 Å². The first-order chi connectivity index (χ1) is 9.29. The molecule has 3 rings (SSSR count). The molecule has 100 valence electrons. The van der Waals surface area contributed by atoms with E-state index in [0.717, 1.165) is 42.6 Å². The fourth-order valence-electron chi connectivity index (χ4n) is 2.86. The second-order valence-corrected chi connectivity index (χ2v) is 4.97. The van der Waals surface area contributed by atoms with E-state index in [1.165, 1.54) is 0 Å². The number of likely N-dealkylation sites (N-methyl/N-ethyl adjacent to an activating group) is 1. The normalized spacial score (nSPS) is 18.9. The lowest BCUT2D eigenvalue weighted by molar-refractivity contribution is 0.476. The summed E-state index contributed by atoms with van der Waals surface area (Å²) in [6, 6.07) is 7.95. The maximum Gasteiger partial charge on any atom is 0.136 e. The largest absolute Gasteiger partial charge is 0.508 e. The Morgan fingerprint density at radius 2 is 2.32 bits per heavy atom. The summed E-state index contributed by atoms with van der Waals surface area (Å²) >= 11 is 0. The van der Waals surface area contributed by atoms with Crippen molar-refractivity contribution in [2.24, 2.45) is 0 Å². The van der Waals surface area contributed by atoms with Gasteiger partial charge in [0, 0.05) is 30.7 Å². The van der Waals surface area contributed by atoms with Gasteiger partial charge in [0.15, 0.2) is 0 Å². The quantitative estimate of drug-likeness (QED) is 0.884. The molecule has 1 unspecified atom stereocenters. The molecule has 1 aromatic heterocycles. The SMILES string of the molecule is CCN(c1nccc2ccc(O)cc12)C1CCNC1. The Morgan fingerprint density at radius 1 is 1.42 bits per heavy atom. The first-order valence-electron chi connectivity index (χ1n) is 6.84. The number of pyridine rings is 1. The van der Waals surface area contributed by atoms with Crippen LogP contribution in [0.15, 0.2) is 30.5 Å². The molecule has 1 aliphatic heterocycles. The van der Waals surface area contributed by atoms with Crippen LogP contribution in [0, 0.1) is 0 Å². The van der Waals surface area contributed by atoms with Crippen molar-refractivity contribution in [2.45, 2.75) is 19.4 Å². The Morgan fingerprint density at radius 3 is 3.05 bits per heavy atom. The highest BCUT2D eigenvalue weighted by Crippen LogP contribution is 2.29. The third kappa shape index (κ3) is 2.24. The number of phenolic OH excluding ortho intramolecular Hbond substituents is 1. The highest BCUT2D eigenvalue weighted by atomic mass is 16.3. The number of rotatable bonds is 3. The number of nitrogens with one attached hydrogen (secondary N) is 1. The average Bonchev–Trinajstić information content (AvgIpc) is 2.94. The molecule has 1 saturated heterocycles. The van der Waals surface area contributed by atoms with Crippen LogP contribution in [0.25, 0.3) is 10.8 Å². The Hall–Kier alpha value is -1.81. The van der Waals surface area contributed by atoms with Crippen LogP contribution in [0.4, 0.5) is 5.82 Å². The molecule has 2 aromatic rings. The zero-order chi connectivity index (χ0) is 13.2. The average molecular weight is 257 g/mol. The summed E-state index contributed by atoms with van der Waals surface area (Å²) in [6.07, 6.45) is 2.99. The summed E-state index contributed by atoms with van der Waals surface area (Å²) in [5, 5.41) is 15.3. The lowest BCUT2D eigenvalue weighted by Gasteiger charge is -2.29. The summed E-state index contributed by atoms with van der Waals surface area (Å²) < 4.78 is 0. The van der Waals surface area contributed by atoms with E-state index < -0.39 is 0 Å². The van der Waals surface area contributed by atoms with E-state index >= 15 is 0 Å². The number of aromatic hydroxyl groups is 1. The van der Waals surface area contributed by atoms with E-state index in [0.29, 0.717) is 11.8 Å². The minimum absolute atomic E-state index is 0.294. The van der Waals surface area contributed by atoms with Gasteiger partial charge in [-0.25, -0.2) is 4.98 Å². The summed E-state index contributed by atoms with van der Waals surface area (Å²) in [5.74, 6) is 1.27. The summed E-state index contributed by atoms with van der Waals surface area (Å²) in [7, 11) is 0. The molecule has 2 N–H and O–H groups in total. The van der Waals surface area contributed by atoms with Crippen LogP contribution >= 0.6 is 0 Å². The maximum absolute atomic E-state index is 9.72. The minimum atomic E-state index is 0.294. The van der Waals surface area contributed by atoms with E-state index in [1.807, 2.05) is 24.4 Å². The topological polar surface area (TPSA) is 48.4 Å². The molecule has 1 fully saturated rings. The van der Waals surface area contributed by atoms with Crippen molar-refractivity contribution >= 4 is 16.6 Å². The smallest absolute Gasteiger partial charge is 0.136 e. The molecular weight excluding hydrogens is 238 g/mol. The molecule has 0 radical (unpaired) electrons. The van der Waals surface area contributed by atoms with Crippen molar-refractivity contribution in [1.82, 2.24) is 10.3 Å². The predicted molar refractivity (Wildman–Crippen MR) is 77.7 cm³/mol. The molecule has 0 spiro atoms. The van der Waals surface area contributed by atoms with Gasteiger partial charge in [-0.1, -0.05) is 6.07 Å². The van der Waals surface area contributed by atoms with Crippen LogP contribution in [0.5, 0.6) is 5.75 Å². The zero-order valence-corrected chi connectivity index (χ0v) is 11.1. The fraction of sp³-hybridized carbons (Fsp3) is 0.400. The van der Waals surface area contributed by atoms with Crippen LogP contribution in [0.1, 0.15) is 13.3 Å². The van der Waals surface area contributed by atoms with Crippen molar-refractivity contribution in [3.63, 3.8) is 0 Å². The van der Waals surface area contributed by atoms with Gasteiger partial charge in [-0.2, -0.15) is 0 Å². The van der Waals surface area contributed by atoms with Crippen molar-refractivity contribution in [3.8, 4) is 5.75 Å². The van der Waals surface area contributed by atoms with Crippen molar-refractivity contribution in [2.75, 3.05) is 24.5 Å². The molecule has 0 bridgehead atoms. The first kappa shape index (κ1) is 12.2. The molecule has 19 heavy (non-hydrogen) atoms. The number of phenols is 1. The second-order valence-electron chi connectivity index (χ2n) is 4.97. The maximum atomic E-state index is 9.72. The molecule has 1 atom stereocenters. The molecule has 4 nitrogen and oxygen atoms in total. The van der Waals surface area contributed by atoms with E-state index in [1.54, 1.807) is 6.07 Å². The van der Waals surface area contributed by atoms with Gasteiger partial charge < -0.3 is 15.3 Å². The van der Waals surface area contributed by atoms with Crippen molar-refractivity contribution in [1.29, 1.82) is 0 Å². The molecule has 4 heteroatoms. The Kier molecular flexibility index (Phi) is 3.25. The van der Waals surface area contributed by atoms with Crippen LogP contribution < -0.4 is 10.2 Å². The van der Waals surface area contributed by atoms with E-state index in [-0.39, 0.29) is 0 Å². The third-order valence-corrected chi connectivity index (χ3v) is 3.82.